The Balaban J connectivity index is 0.00000162. The van der Waals surface area contributed by atoms with Crippen molar-refractivity contribution in [3.05, 3.63) is 53.0 Å². The molecule has 0 unspecified atom stereocenters. The van der Waals surface area contributed by atoms with Crippen molar-refractivity contribution in [2.75, 3.05) is 6.54 Å². The highest BCUT2D eigenvalue weighted by Crippen LogP contribution is 2.10. The summed E-state index contributed by atoms with van der Waals surface area (Å²) in [5.41, 5.74) is 1.32. The molecule has 1 aromatic heterocycles. The molecule has 0 saturated carbocycles. The van der Waals surface area contributed by atoms with Gasteiger partial charge in [-0.1, -0.05) is 28.1 Å². The number of hydrogen-bond donors (Lipinski definition) is 1. The minimum Gasteiger partial charge on any atom is -0.337 e. The molecule has 0 radical (unpaired) electrons. The number of rotatable bonds is 6. The van der Waals surface area contributed by atoms with E-state index in [1.165, 1.54) is 5.56 Å². The van der Waals surface area contributed by atoms with E-state index in [-0.39, 0.29) is 12.4 Å². The van der Waals surface area contributed by atoms with Gasteiger partial charge in [0.2, 0.25) is 0 Å². The van der Waals surface area contributed by atoms with Crippen LogP contribution in [0, 0.1) is 0 Å². The SMILES string of the molecule is Brc1ccc(CNCCCn2ccnc2)cc1.Cl. The Morgan fingerprint density at radius 1 is 1.22 bits per heavy atom. The van der Waals surface area contributed by atoms with Crippen LogP contribution in [0.4, 0.5) is 0 Å². The van der Waals surface area contributed by atoms with Gasteiger partial charge in [0.1, 0.15) is 0 Å². The highest BCUT2D eigenvalue weighted by molar-refractivity contribution is 9.10. The predicted molar refractivity (Wildman–Crippen MR) is 79.9 cm³/mol. The molecule has 0 saturated heterocycles. The van der Waals surface area contributed by atoms with Gasteiger partial charge < -0.3 is 9.88 Å². The van der Waals surface area contributed by atoms with Crippen LogP contribution in [0.2, 0.25) is 0 Å². The van der Waals surface area contributed by atoms with Crippen molar-refractivity contribution in [1.82, 2.24) is 14.9 Å². The fourth-order valence-electron chi connectivity index (χ4n) is 1.64. The summed E-state index contributed by atoms with van der Waals surface area (Å²) >= 11 is 3.43. The monoisotopic (exact) mass is 329 g/mol. The number of hydrogen-bond acceptors (Lipinski definition) is 2. The minimum absolute atomic E-state index is 0. The maximum absolute atomic E-state index is 4.02. The second-order valence-electron chi connectivity index (χ2n) is 3.96. The molecule has 0 bridgehead atoms. The molecule has 1 aromatic carbocycles. The second kappa shape index (κ2) is 8.29. The highest BCUT2D eigenvalue weighted by atomic mass is 79.9. The average molecular weight is 331 g/mol. The Labute approximate surface area is 122 Å². The Bertz CT molecular complexity index is 428. The lowest BCUT2D eigenvalue weighted by Gasteiger charge is -2.05. The maximum Gasteiger partial charge on any atom is 0.0945 e. The molecule has 98 valence electrons. The Kier molecular flexibility index (Phi) is 7.01. The van der Waals surface area contributed by atoms with Gasteiger partial charge >= 0.3 is 0 Å². The molecule has 2 rings (SSSR count). The molecular formula is C13H17BrClN3. The van der Waals surface area contributed by atoms with Gasteiger partial charge in [-0.3, -0.25) is 0 Å². The molecule has 2 aromatic rings. The second-order valence-corrected chi connectivity index (χ2v) is 4.87. The van der Waals surface area contributed by atoms with Crippen molar-refractivity contribution >= 4 is 28.3 Å². The number of nitrogens with one attached hydrogen (secondary N) is 1. The van der Waals surface area contributed by atoms with E-state index in [0.29, 0.717) is 0 Å². The number of aromatic nitrogens is 2. The number of imidazole rings is 1. The van der Waals surface area contributed by atoms with E-state index in [1.54, 1.807) is 0 Å². The highest BCUT2D eigenvalue weighted by Gasteiger charge is 1.93. The molecule has 3 nitrogen and oxygen atoms in total. The third-order valence-corrected chi connectivity index (χ3v) is 3.10. The molecule has 18 heavy (non-hydrogen) atoms. The normalized spacial score (nSPS) is 10.1. The quantitative estimate of drug-likeness (QED) is 0.824. The van der Waals surface area contributed by atoms with Crippen LogP contribution >= 0.6 is 28.3 Å². The predicted octanol–water partition coefficient (Wildman–Crippen LogP) is 3.25. The molecule has 0 spiro atoms. The first-order valence-corrected chi connectivity index (χ1v) is 6.55. The molecule has 5 heteroatoms. The zero-order chi connectivity index (χ0) is 11.9. The van der Waals surface area contributed by atoms with E-state index in [2.05, 4.69) is 55.1 Å². The van der Waals surface area contributed by atoms with Gasteiger partial charge in [-0.25, -0.2) is 4.98 Å². The van der Waals surface area contributed by atoms with Crippen molar-refractivity contribution in [3.63, 3.8) is 0 Å². The van der Waals surface area contributed by atoms with Gasteiger partial charge in [0.25, 0.3) is 0 Å². The molecular weight excluding hydrogens is 314 g/mol. The summed E-state index contributed by atoms with van der Waals surface area (Å²) in [7, 11) is 0. The van der Waals surface area contributed by atoms with Crippen LogP contribution in [0.3, 0.4) is 0 Å². The zero-order valence-corrected chi connectivity index (χ0v) is 12.5. The first-order chi connectivity index (χ1) is 8.34. The van der Waals surface area contributed by atoms with E-state index in [9.17, 15) is 0 Å². The van der Waals surface area contributed by atoms with E-state index in [0.717, 1.165) is 30.5 Å². The van der Waals surface area contributed by atoms with Crippen LogP contribution in [0.15, 0.2) is 47.5 Å². The Morgan fingerprint density at radius 2 is 2.00 bits per heavy atom. The first-order valence-electron chi connectivity index (χ1n) is 5.75. The number of aryl methyl sites for hydroxylation is 1. The fourth-order valence-corrected chi connectivity index (χ4v) is 1.90. The van der Waals surface area contributed by atoms with Crippen molar-refractivity contribution in [3.8, 4) is 0 Å². The summed E-state index contributed by atoms with van der Waals surface area (Å²) in [5, 5.41) is 3.43. The molecule has 1 heterocycles. The van der Waals surface area contributed by atoms with Crippen molar-refractivity contribution < 1.29 is 0 Å². The van der Waals surface area contributed by atoms with Crippen molar-refractivity contribution in [2.24, 2.45) is 0 Å². The first kappa shape index (κ1) is 15.2. The topological polar surface area (TPSA) is 29.9 Å². The minimum atomic E-state index is 0. The van der Waals surface area contributed by atoms with Gasteiger partial charge in [0, 0.05) is 30.0 Å². The third kappa shape index (κ3) is 5.21. The van der Waals surface area contributed by atoms with Gasteiger partial charge in [-0.05, 0) is 30.7 Å². The molecule has 0 aliphatic rings. The molecule has 0 amide bonds. The average Bonchev–Trinajstić information content (AvgIpc) is 2.84. The van der Waals surface area contributed by atoms with Crippen LogP contribution in [0.25, 0.3) is 0 Å². The fraction of sp³-hybridized carbons (Fsp3) is 0.308. The summed E-state index contributed by atoms with van der Waals surface area (Å²) in [5.74, 6) is 0. The van der Waals surface area contributed by atoms with Gasteiger partial charge in [0.15, 0.2) is 0 Å². The lowest BCUT2D eigenvalue weighted by molar-refractivity contribution is 0.581. The van der Waals surface area contributed by atoms with Crippen molar-refractivity contribution in [1.29, 1.82) is 0 Å². The summed E-state index contributed by atoms with van der Waals surface area (Å²) in [6, 6.07) is 8.41. The van der Waals surface area contributed by atoms with E-state index in [1.807, 2.05) is 18.7 Å². The maximum atomic E-state index is 4.02. The molecule has 0 aliphatic heterocycles. The smallest absolute Gasteiger partial charge is 0.0945 e. The van der Waals surface area contributed by atoms with E-state index >= 15 is 0 Å². The van der Waals surface area contributed by atoms with Crippen LogP contribution in [-0.4, -0.2) is 16.1 Å². The lowest BCUT2D eigenvalue weighted by atomic mass is 10.2. The molecule has 0 fully saturated rings. The van der Waals surface area contributed by atoms with E-state index in [4.69, 9.17) is 0 Å². The Morgan fingerprint density at radius 3 is 2.67 bits per heavy atom. The summed E-state index contributed by atoms with van der Waals surface area (Å²) in [6.45, 7) is 2.97. The van der Waals surface area contributed by atoms with Crippen LogP contribution in [0.1, 0.15) is 12.0 Å². The molecule has 1 N–H and O–H groups in total. The summed E-state index contributed by atoms with van der Waals surface area (Å²) < 4.78 is 3.22. The van der Waals surface area contributed by atoms with Crippen molar-refractivity contribution in [2.45, 2.75) is 19.5 Å². The van der Waals surface area contributed by atoms with Crippen LogP contribution in [-0.2, 0) is 13.1 Å². The zero-order valence-electron chi connectivity index (χ0n) is 10.1. The number of nitrogens with zero attached hydrogens (tertiary/aromatic N) is 2. The molecule has 0 aliphatic carbocycles. The Hall–Kier alpha value is -0.840. The van der Waals surface area contributed by atoms with Crippen LogP contribution in [0.5, 0.6) is 0 Å². The van der Waals surface area contributed by atoms with E-state index < -0.39 is 0 Å². The van der Waals surface area contributed by atoms with Gasteiger partial charge in [-0.2, -0.15) is 0 Å². The lowest BCUT2D eigenvalue weighted by Crippen LogP contribution is -2.16. The third-order valence-electron chi connectivity index (χ3n) is 2.57. The standard InChI is InChI=1S/C13H16BrN3.ClH/c14-13-4-2-12(3-5-13)10-15-6-1-8-17-9-7-16-11-17;/h2-5,7,9,11,15H,1,6,8,10H2;1H. The van der Waals surface area contributed by atoms with Gasteiger partial charge in [-0.15, -0.1) is 12.4 Å². The molecule has 0 atom stereocenters. The number of halogens is 2. The number of benzene rings is 1. The summed E-state index contributed by atoms with van der Waals surface area (Å²) in [4.78, 5) is 4.02. The van der Waals surface area contributed by atoms with Crippen LogP contribution < -0.4 is 5.32 Å². The van der Waals surface area contributed by atoms with Gasteiger partial charge in [0.05, 0.1) is 6.33 Å². The largest absolute Gasteiger partial charge is 0.337 e. The summed E-state index contributed by atoms with van der Waals surface area (Å²) in [6.07, 6.45) is 6.78.